The summed E-state index contributed by atoms with van der Waals surface area (Å²) in [6.07, 6.45) is 1.17. The van der Waals surface area contributed by atoms with Gasteiger partial charge in [0.1, 0.15) is 0 Å². The van der Waals surface area contributed by atoms with Gasteiger partial charge in [-0.3, -0.25) is 14.7 Å². The van der Waals surface area contributed by atoms with Gasteiger partial charge in [0.25, 0.3) is 5.69 Å². The van der Waals surface area contributed by atoms with E-state index in [-0.39, 0.29) is 24.0 Å². The number of rotatable bonds is 8. The molecule has 0 radical (unpaired) electrons. The lowest BCUT2D eigenvalue weighted by molar-refractivity contribution is -0.384. The minimum Gasteiger partial charge on any atom is -0.463 e. The summed E-state index contributed by atoms with van der Waals surface area (Å²) < 4.78 is 26.8. The standard InChI is InChI=1S/C14H18NO7P/c1-4-22-14(16)12(10-23(19,20-2)21-3)9-11-5-7-13(8-6-11)15(17)18/h5-9H,4,10H2,1-3H3/b12-9-. The van der Waals surface area contributed by atoms with Gasteiger partial charge >= 0.3 is 13.6 Å². The van der Waals surface area contributed by atoms with Gasteiger partial charge in [0.2, 0.25) is 0 Å². The molecule has 0 heterocycles. The highest BCUT2D eigenvalue weighted by Gasteiger charge is 2.27. The third kappa shape index (κ3) is 5.59. The first-order valence-electron chi connectivity index (χ1n) is 6.68. The topological polar surface area (TPSA) is 105 Å². The highest BCUT2D eigenvalue weighted by atomic mass is 31.2. The van der Waals surface area contributed by atoms with Gasteiger partial charge in [-0.1, -0.05) is 0 Å². The Balaban J connectivity index is 3.14. The Morgan fingerprint density at radius 3 is 2.26 bits per heavy atom. The van der Waals surface area contributed by atoms with Crippen molar-refractivity contribution in [1.82, 2.24) is 0 Å². The lowest BCUT2D eigenvalue weighted by Crippen LogP contribution is -2.12. The first-order chi connectivity index (χ1) is 10.8. The van der Waals surface area contributed by atoms with Crippen LogP contribution in [0.1, 0.15) is 12.5 Å². The molecule has 0 fully saturated rings. The molecule has 126 valence electrons. The minimum absolute atomic E-state index is 0.0701. The summed E-state index contributed by atoms with van der Waals surface area (Å²) in [5, 5.41) is 10.6. The minimum atomic E-state index is -3.45. The Morgan fingerprint density at radius 2 is 1.83 bits per heavy atom. The Bertz CT molecular complexity index is 631. The van der Waals surface area contributed by atoms with Crippen LogP contribution in [0.2, 0.25) is 0 Å². The van der Waals surface area contributed by atoms with Gasteiger partial charge in [-0.15, -0.1) is 0 Å². The molecule has 0 bridgehead atoms. The number of non-ortho nitro benzene ring substituents is 1. The van der Waals surface area contributed by atoms with Crippen LogP contribution in [0, 0.1) is 10.1 Å². The number of hydrogen-bond acceptors (Lipinski definition) is 7. The molecule has 0 amide bonds. The number of nitrogens with zero attached hydrogens (tertiary/aromatic N) is 1. The lowest BCUT2D eigenvalue weighted by Gasteiger charge is -2.15. The number of benzene rings is 1. The molecule has 0 aliphatic heterocycles. The maximum absolute atomic E-state index is 12.2. The van der Waals surface area contributed by atoms with Crippen LogP contribution in [-0.2, 0) is 23.1 Å². The number of nitro benzene ring substituents is 1. The van der Waals surface area contributed by atoms with Crippen LogP contribution in [0.25, 0.3) is 6.08 Å². The molecule has 0 aliphatic carbocycles. The fraction of sp³-hybridized carbons (Fsp3) is 0.357. The average molecular weight is 343 g/mol. The van der Waals surface area contributed by atoms with Crippen LogP contribution in [0.4, 0.5) is 5.69 Å². The van der Waals surface area contributed by atoms with Crippen LogP contribution < -0.4 is 0 Å². The second-order valence-electron chi connectivity index (χ2n) is 4.37. The van der Waals surface area contributed by atoms with Crippen molar-refractivity contribution in [3.8, 4) is 0 Å². The Kier molecular flexibility index (Phi) is 7.09. The molecule has 0 aromatic heterocycles. The van der Waals surface area contributed by atoms with E-state index in [0.717, 1.165) is 0 Å². The number of hydrogen-bond donors (Lipinski definition) is 0. The van der Waals surface area contributed by atoms with E-state index in [1.807, 2.05) is 0 Å². The smallest absolute Gasteiger partial charge is 0.334 e. The number of nitro groups is 1. The Morgan fingerprint density at radius 1 is 1.26 bits per heavy atom. The van der Waals surface area contributed by atoms with Crippen molar-refractivity contribution >= 4 is 25.3 Å². The van der Waals surface area contributed by atoms with Gasteiger partial charge in [-0.25, -0.2) is 4.79 Å². The van der Waals surface area contributed by atoms with E-state index in [1.165, 1.54) is 44.6 Å². The summed E-state index contributed by atoms with van der Waals surface area (Å²) in [6.45, 7) is 1.80. The SMILES string of the molecule is CCOC(=O)/C(=C\c1ccc([N+](=O)[O-])cc1)CP(=O)(OC)OC. The number of ether oxygens (including phenoxy) is 1. The second kappa shape index (κ2) is 8.57. The normalized spacial score (nSPS) is 12.0. The third-order valence-electron chi connectivity index (χ3n) is 2.90. The first-order valence-corrected chi connectivity index (χ1v) is 8.40. The van der Waals surface area contributed by atoms with Crippen molar-refractivity contribution in [3.63, 3.8) is 0 Å². The Hall–Kier alpha value is -2.02. The van der Waals surface area contributed by atoms with Gasteiger partial charge in [-0.05, 0) is 30.7 Å². The van der Waals surface area contributed by atoms with Gasteiger partial charge in [0, 0.05) is 31.9 Å². The zero-order valence-corrected chi connectivity index (χ0v) is 13.9. The molecule has 1 aromatic carbocycles. The molecule has 0 aliphatic rings. The molecule has 0 unspecified atom stereocenters. The highest BCUT2D eigenvalue weighted by Crippen LogP contribution is 2.48. The molecule has 0 saturated carbocycles. The molecule has 1 rings (SSSR count). The van der Waals surface area contributed by atoms with Gasteiger partial charge in [0.15, 0.2) is 0 Å². The summed E-state index contributed by atoms with van der Waals surface area (Å²) in [5.41, 5.74) is 0.546. The molecule has 0 atom stereocenters. The molecule has 9 heteroatoms. The molecular formula is C14H18NO7P. The Labute approximate surface area is 133 Å². The maximum atomic E-state index is 12.2. The zero-order valence-electron chi connectivity index (χ0n) is 13.1. The molecule has 0 spiro atoms. The van der Waals surface area contributed by atoms with Crippen LogP contribution in [0.3, 0.4) is 0 Å². The number of esters is 1. The molecule has 23 heavy (non-hydrogen) atoms. The number of carbonyl (C=O) groups is 1. The van der Waals surface area contributed by atoms with E-state index in [9.17, 15) is 19.5 Å². The van der Waals surface area contributed by atoms with Crippen LogP contribution >= 0.6 is 7.60 Å². The summed E-state index contributed by atoms with van der Waals surface area (Å²) in [5.74, 6) is -0.653. The molecule has 0 saturated heterocycles. The first kappa shape index (κ1) is 19.0. The van der Waals surface area contributed by atoms with Crippen molar-refractivity contribution in [1.29, 1.82) is 0 Å². The summed E-state index contributed by atoms with van der Waals surface area (Å²) >= 11 is 0. The fourth-order valence-electron chi connectivity index (χ4n) is 1.70. The van der Waals surface area contributed by atoms with Crippen LogP contribution in [-0.4, -0.2) is 37.9 Å². The predicted molar refractivity (Wildman–Crippen MR) is 84.2 cm³/mol. The predicted octanol–water partition coefficient (Wildman–Crippen LogP) is 3.03. The molecular weight excluding hydrogens is 325 g/mol. The highest BCUT2D eigenvalue weighted by molar-refractivity contribution is 7.54. The van der Waals surface area contributed by atoms with Crippen molar-refractivity contribution in [2.24, 2.45) is 0 Å². The lowest BCUT2D eigenvalue weighted by atomic mass is 10.1. The van der Waals surface area contributed by atoms with Crippen LogP contribution in [0.15, 0.2) is 29.8 Å². The van der Waals surface area contributed by atoms with Crippen molar-refractivity contribution in [2.45, 2.75) is 6.92 Å². The third-order valence-corrected chi connectivity index (χ3v) is 4.74. The number of carbonyl (C=O) groups excluding carboxylic acids is 1. The molecule has 1 aromatic rings. The molecule has 0 N–H and O–H groups in total. The summed E-state index contributed by atoms with van der Waals surface area (Å²) in [7, 11) is -1.01. The van der Waals surface area contributed by atoms with E-state index < -0.39 is 18.5 Å². The van der Waals surface area contributed by atoms with E-state index in [0.29, 0.717) is 5.56 Å². The van der Waals surface area contributed by atoms with Crippen molar-refractivity contribution in [2.75, 3.05) is 27.0 Å². The van der Waals surface area contributed by atoms with E-state index in [4.69, 9.17) is 13.8 Å². The summed E-state index contributed by atoms with van der Waals surface area (Å²) in [4.78, 5) is 22.1. The van der Waals surface area contributed by atoms with Crippen molar-refractivity contribution < 1.29 is 28.1 Å². The quantitative estimate of drug-likeness (QED) is 0.235. The van der Waals surface area contributed by atoms with Gasteiger partial charge < -0.3 is 13.8 Å². The molecule has 8 nitrogen and oxygen atoms in total. The van der Waals surface area contributed by atoms with Gasteiger partial charge in [0.05, 0.1) is 17.7 Å². The van der Waals surface area contributed by atoms with Crippen LogP contribution in [0.5, 0.6) is 0 Å². The van der Waals surface area contributed by atoms with E-state index in [1.54, 1.807) is 6.92 Å². The van der Waals surface area contributed by atoms with E-state index >= 15 is 0 Å². The average Bonchev–Trinajstić information content (AvgIpc) is 2.54. The maximum Gasteiger partial charge on any atom is 0.334 e. The monoisotopic (exact) mass is 343 g/mol. The van der Waals surface area contributed by atoms with E-state index in [2.05, 4.69) is 0 Å². The summed E-state index contributed by atoms with van der Waals surface area (Å²) in [6, 6.07) is 5.56. The zero-order chi connectivity index (χ0) is 17.5. The second-order valence-corrected chi connectivity index (χ2v) is 6.64. The fourth-order valence-corrected chi connectivity index (χ4v) is 2.74. The largest absolute Gasteiger partial charge is 0.463 e. The van der Waals surface area contributed by atoms with Crippen molar-refractivity contribution in [3.05, 3.63) is 45.5 Å². The van der Waals surface area contributed by atoms with Gasteiger partial charge in [-0.2, -0.15) is 0 Å².